The van der Waals surface area contributed by atoms with Crippen molar-refractivity contribution in [2.24, 2.45) is 5.92 Å². The van der Waals surface area contributed by atoms with Crippen LogP contribution >= 0.6 is 0 Å². The van der Waals surface area contributed by atoms with E-state index in [1.54, 1.807) is 4.90 Å². The summed E-state index contributed by atoms with van der Waals surface area (Å²) in [5, 5.41) is 3.05. The SMILES string of the molecule is CC(C)CCN1CC(=O)NCCCCCOc2cccc(C(=O)N(C)Cc3ccccc3)c2C1. The summed E-state index contributed by atoms with van der Waals surface area (Å²) in [6.07, 6.45) is 3.83. The Hall–Kier alpha value is -2.86. The Kier molecular flexibility index (Phi) is 9.95. The number of hydrogen-bond acceptors (Lipinski definition) is 4. The first-order valence-corrected chi connectivity index (χ1v) is 12.5. The van der Waals surface area contributed by atoms with Gasteiger partial charge in [-0.05, 0) is 55.8 Å². The summed E-state index contributed by atoms with van der Waals surface area (Å²) in [6.45, 7) is 7.79. The first kappa shape index (κ1) is 25.8. The standard InChI is InChI=1S/C28H39N3O3/c1-22(2)15-17-31-20-25-24(28(33)30(3)19-23-11-6-4-7-12-23)13-10-14-26(25)34-18-9-5-8-16-29-27(32)21-31/h4,6-7,10-14,22H,5,8-9,15-21H2,1-3H3,(H,29,32). The fraction of sp³-hybridized carbons (Fsp3) is 0.500. The first-order chi connectivity index (χ1) is 16.4. The lowest BCUT2D eigenvalue weighted by atomic mass is 10.0. The molecule has 0 radical (unpaired) electrons. The van der Waals surface area contributed by atoms with Crippen LogP contribution in [0.3, 0.4) is 0 Å². The van der Waals surface area contributed by atoms with E-state index in [0.717, 1.165) is 49.1 Å². The van der Waals surface area contributed by atoms with E-state index in [9.17, 15) is 9.59 Å². The number of benzene rings is 2. The molecule has 6 heteroatoms. The summed E-state index contributed by atoms with van der Waals surface area (Å²) in [4.78, 5) is 30.1. The Morgan fingerprint density at radius 2 is 1.85 bits per heavy atom. The van der Waals surface area contributed by atoms with Crippen LogP contribution in [0.25, 0.3) is 0 Å². The van der Waals surface area contributed by atoms with Gasteiger partial charge in [-0.2, -0.15) is 0 Å². The summed E-state index contributed by atoms with van der Waals surface area (Å²) < 4.78 is 6.19. The molecule has 1 heterocycles. The predicted octanol–water partition coefficient (Wildman–Crippen LogP) is 4.49. The molecule has 3 rings (SSSR count). The lowest BCUT2D eigenvalue weighted by molar-refractivity contribution is -0.122. The third-order valence-electron chi connectivity index (χ3n) is 6.15. The van der Waals surface area contributed by atoms with Crippen molar-refractivity contribution in [1.82, 2.24) is 15.1 Å². The molecule has 34 heavy (non-hydrogen) atoms. The number of rotatable bonds is 6. The molecule has 0 saturated heterocycles. The van der Waals surface area contributed by atoms with E-state index >= 15 is 0 Å². The highest BCUT2D eigenvalue weighted by atomic mass is 16.5. The molecule has 1 N–H and O–H groups in total. The zero-order valence-corrected chi connectivity index (χ0v) is 20.9. The van der Waals surface area contributed by atoms with Crippen LogP contribution in [0.1, 0.15) is 61.0 Å². The molecule has 2 aromatic rings. The van der Waals surface area contributed by atoms with Gasteiger partial charge in [0, 0.05) is 37.8 Å². The van der Waals surface area contributed by atoms with Gasteiger partial charge in [0.1, 0.15) is 5.75 Å². The minimum absolute atomic E-state index is 0.0375. The third kappa shape index (κ3) is 7.87. The van der Waals surface area contributed by atoms with Crippen molar-refractivity contribution in [2.75, 3.05) is 33.3 Å². The number of ether oxygens (including phenoxy) is 1. The normalized spacial score (nSPS) is 15.8. The topological polar surface area (TPSA) is 61.9 Å². The van der Waals surface area contributed by atoms with Crippen LogP contribution < -0.4 is 10.1 Å². The van der Waals surface area contributed by atoms with E-state index in [4.69, 9.17) is 4.74 Å². The third-order valence-corrected chi connectivity index (χ3v) is 6.15. The van der Waals surface area contributed by atoms with Crippen LogP contribution in [-0.4, -0.2) is 54.9 Å². The number of hydrogen-bond donors (Lipinski definition) is 1. The fourth-order valence-corrected chi connectivity index (χ4v) is 4.15. The zero-order chi connectivity index (χ0) is 24.3. The molecule has 6 nitrogen and oxygen atoms in total. The Labute approximate surface area is 204 Å². The average Bonchev–Trinajstić information content (AvgIpc) is 2.83. The number of amides is 2. The molecule has 2 amide bonds. The summed E-state index contributed by atoms with van der Waals surface area (Å²) in [6, 6.07) is 15.7. The van der Waals surface area contributed by atoms with Crippen molar-refractivity contribution in [1.29, 1.82) is 0 Å². The predicted molar refractivity (Wildman–Crippen MR) is 136 cm³/mol. The molecule has 0 bridgehead atoms. The van der Waals surface area contributed by atoms with Crippen molar-refractivity contribution < 1.29 is 14.3 Å². The van der Waals surface area contributed by atoms with Gasteiger partial charge in [0.05, 0.1) is 13.2 Å². The second-order valence-electron chi connectivity index (χ2n) is 9.58. The lowest BCUT2D eigenvalue weighted by Gasteiger charge is -2.26. The number of nitrogens with zero attached hydrogens (tertiary/aromatic N) is 2. The van der Waals surface area contributed by atoms with Crippen LogP contribution in [0.2, 0.25) is 0 Å². The van der Waals surface area contributed by atoms with Crippen LogP contribution in [0.4, 0.5) is 0 Å². The number of fused-ring (bicyclic) bond motifs is 1. The maximum atomic E-state index is 13.6. The largest absolute Gasteiger partial charge is 0.493 e. The average molecular weight is 466 g/mol. The monoisotopic (exact) mass is 465 g/mol. The molecule has 184 valence electrons. The second kappa shape index (κ2) is 13.1. The van der Waals surface area contributed by atoms with E-state index in [1.165, 1.54) is 0 Å². The number of carbonyl (C=O) groups is 2. The van der Waals surface area contributed by atoms with Crippen LogP contribution in [0.15, 0.2) is 48.5 Å². The van der Waals surface area contributed by atoms with Crippen molar-refractivity contribution >= 4 is 11.8 Å². The summed E-state index contributed by atoms with van der Waals surface area (Å²) in [5.74, 6) is 1.27. The Morgan fingerprint density at radius 3 is 2.62 bits per heavy atom. The molecular weight excluding hydrogens is 426 g/mol. The summed E-state index contributed by atoms with van der Waals surface area (Å²) >= 11 is 0. The van der Waals surface area contributed by atoms with Gasteiger partial charge in [-0.1, -0.05) is 50.2 Å². The van der Waals surface area contributed by atoms with Gasteiger partial charge in [-0.25, -0.2) is 0 Å². The van der Waals surface area contributed by atoms with E-state index < -0.39 is 0 Å². The van der Waals surface area contributed by atoms with E-state index in [0.29, 0.717) is 44.3 Å². The number of nitrogens with one attached hydrogen (secondary N) is 1. The zero-order valence-electron chi connectivity index (χ0n) is 20.9. The molecule has 0 spiro atoms. The molecule has 0 aromatic heterocycles. The molecule has 1 aliphatic rings. The summed E-state index contributed by atoms with van der Waals surface area (Å²) in [7, 11) is 1.83. The minimum Gasteiger partial charge on any atom is -0.493 e. The first-order valence-electron chi connectivity index (χ1n) is 12.5. The number of carbonyl (C=O) groups excluding carboxylic acids is 2. The van der Waals surface area contributed by atoms with Crippen molar-refractivity contribution in [3.63, 3.8) is 0 Å². The van der Waals surface area contributed by atoms with Crippen LogP contribution in [-0.2, 0) is 17.9 Å². The quantitative estimate of drug-likeness (QED) is 0.683. The minimum atomic E-state index is -0.0399. The molecule has 1 aliphatic heterocycles. The van der Waals surface area contributed by atoms with Crippen LogP contribution in [0, 0.1) is 5.92 Å². The second-order valence-corrected chi connectivity index (χ2v) is 9.58. The van der Waals surface area contributed by atoms with E-state index in [2.05, 4.69) is 24.1 Å². The highest BCUT2D eigenvalue weighted by Crippen LogP contribution is 2.27. The van der Waals surface area contributed by atoms with Crippen LogP contribution in [0.5, 0.6) is 5.75 Å². The Morgan fingerprint density at radius 1 is 1.06 bits per heavy atom. The smallest absolute Gasteiger partial charge is 0.254 e. The van der Waals surface area contributed by atoms with E-state index in [1.807, 2.05) is 55.6 Å². The van der Waals surface area contributed by atoms with Crippen molar-refractivity contribution in [2.45, 2.75) is 52.6 Å². The highest BCUT2D eigenvalue weighted by molar-refractivity contribution is 5.96. The van der Waals surface area contributed by atoms with Gasteiger partial charge in [0.25, 0.3) is 5.91 Å². The van der Waals surface area contributed by atoms with Gasteiger partial charge in [-0.3, -0.25) is 14.5 Å². The van der Waals surface area contributed by atoms with Gasteiger partial charge in [0.2, 0.25) is 5.91 Å². The Bertz CT molecular complexity index is 930. The molecule has 0 unspecified atom stereocenters. The molecule has 0 saturated carbocycles. The van der Waals surface area contributed by atoms with Gasteiger partial charge in [-0.15, -0.1) is 0 Å². The maximum Gasteiger partial charge on any atom is 0.254 e. The van der Waals surface area contributed by atoms with Gasteiger partial charge in [0.15, 0.2) is 0 Å². The van der Waals surface area contributed by atoms with E-state index in [-0.39, 0.29) is 11.8 Å². The van der Waals surface area contributed by atoms with Gasteiger partial charge < -0.3 is 15.0 Å². The molecule has 2 aromatic carbocycles. The van der Waals surface area contributed by atoms with Crippen molar-refractivity contribution in [3.05, 3.63) is 65.2 Å². The molecular formula is C28H39N3O3. The Balaban J connectivity index is 1.90. The lowest BCUT2D eigenvalue weighted by Crippen LogP contribution is -2.38. The molecule has 0 aliphatic carbocycles. The fourth-order valence-electron chi connectivity index (χ4n) is 4.15. The molecule has 0 fully saturated rings. The highest BCUT2D eigenvalue weighted by Gasteiger charge is 2.23. The van der Waals surface area contributed by atoms with Crippen molar-refractivity contribution in [3.8, 4) is 5.75 Å². The maximum absolute atomic E-state index is 13.6. The van der Waals surface area contributed by atoms with Gasteiger partial charge >= 0.3 is 0 Å². The molecule has 0 atom stereocenters. The summed E-state index contributed by atoms with van der Waals surface area (Å²) in [5.41, 5.74) is 2.59.